The number of aromatic amines is 1. The number of aromatic nitrogens is 2. The van der Waals surface area contributed by atoms with Gasteiger partial charge >= 0.3 is 0 Å². The number of methoxy groups -OCH3 is 1. The lowest BCUT2D eigenvalue weighted by atomic mass is 9.89. The Morgan fingerprint density at radius 1 is 1.27 bits per heavy atom. The molecule has 1 aromatic heterocycles. The number of carbonyl (C=O) groups is 1. The molecule has 0 saturated carbocycles. The lowest BCUT2D eigenvalue weighted by Gasteiger charge is -2.16. The Balaban J connectivity index is 2.10. The van der Waals surface area contributed by atoms with Crippen molar-refractivity contribution in [3.8, 4) is 0 Å². The number of hydrogen-bond acceptors (Lipinski definition) is 4. The van der Waals surface area contributed by atoms with Crippen LogP contribution in [0.3, 0.4) is 0 Å². The summed E-state index contributed by atoms with van der Waals surface area (Å²) in [4.78, 5) is 33.4. The Morgan fingerprint density at radius 2 is 1.97 bits per heavy atom. The largest absolute Gasteiger partial charge is 0.494 e. The van der Waals surface area contributed by atoms with E-state index in [1.54, 1.807) is 29.8 Å². The first kappa shape index (κ1) is 27.6. The predicted molar refractivity (Wildman–Crippen MR) is 147 cm³/mol. The van der Waals surface area contributed by atoms with Crippen LogP contribution in [0.15, 0.2) is 88.2 Å². The minimum atomic E-state index is -0.267. The van der Waals surface area contributed by atoms with Crippen LogP contribution in [-0.2, 0) is 23.0 Å². The van der Waals surface area contributed by atoms with E-state index in [9.17, 15) is 14.0 Å². The molecule has 0 aliphatic heterocycles. The zero-order chi connectivity index (χ0) is 27.1. The van der Waals surface area contributed by atoms with Gasteiger partial charge in [-0.05, 0) is 49.1 Å². The Hall–Kier alpha value is -4.00. The van der Waals surface area contributed by atoms with E-state index in [4.69, 9.17) is 9.73 Å². The van der Waals surface area contributed by atoms with Gasteiger partial charge in [0.15, 0.2) is 11.5 Å². The minimum Gasteiger partial charge on any atom is -0.494 e. The van der Waals surface area contributed by atoms with Crippen molar-refractivity contribution >= 4 is 23.3 Å². The molecule has 1 N–H and O–H groups in total. The zero-order valence-corrected chi connectivity index (χ0v) is 22.0. The molecule has 0 bridgehead atoms. The summed E-state index contributed by atoms with van der Waals surface area (Å²) in [6, 6.07) is 9.87. The summed E-state index contributed by atoms with van der Waals surface area (Å²) in [5, 5.41) is 0.434. The van der Waals surface area contributed by atoms with Crippen molar-refractivity contribution in [3.63, 3.8) is 0 Å². The van der Waals surface area contributed by atoms with Gasteiger partial charge in [0.2, 0.25) is 0 Å². The summed E-state index contributed by atoms with van der Waals surface area (Å²) in [5.41, 5.74) is 3.69. The molecule has 2 unspecified atom stereocenters. The van der Waals surface area contributed by atoms with Crippen molar-refractivity contribution in [2.45, 2.75) is 33.6 Å². The van der Waals surface area contributed by atoms with E-state index in [2.05, 4.69) is 11.6 Å². The number of ketones is 1. The number of imidazole rings is 1. The number of benzene rings is 1. The number of nitrogens with zero attached hydrogens (tertiary/aromatic N) is 2. The molecule has 194 valence electrons. The van der Waals surface area contributed by atoms with Crippen LogP contribution in [0.2, 0.25) is 0 Å². The zero-order valence-electron chi connectivity index (χ0n) is 22.0. The molecule has 2 atom stereocenters. The SMILES string of the molecule is C=C(OC)C(=O)CC=C(C)C(C)=N/C(Cc1ccccc1)=c1/[nH]/c(=C\C2C=CC(F)=CC2C)c(=O)n1C. The second-order valence-corrected chi connectivity index (χ2v) is 9.21. The number of halogens is 1. The molecule has 1 aliphatic carbocycles. The highest BCUT2D eigenvalue weighted by molar-refractivity contribution is 6.01. The second-order valence-electron chi connectivity index (χ2n) is 9.21. The average Bonchev–Trinajstić information content (AvgIpc) is 3.16. The highest BCUT2D eigenvalue weighted by Crippen LogP contribution is 2.24. The number of carbonyl (C=O) groups excluding carboxylic acids is 1. The molecule has 0 radical (unpaired) electrons. The Bertz CT molecular complexity index is 1470. The lowest BCUT2D eigenvalue weighted by molar-refractivity contribution is -0.117. The van der Waals surface area contributed by atoms with Crippen LogP contribution in [0, 0.1) is 11.8 Å². The normalized spacial score (nSPS) is 19.5. The molecule has 0 amide bonds. The fraction of sp³-hybridized carbons (Fsp3) is 0.300. The molecule has 1 aromatic carbocycles. The summed E-state index contributed by atoms with van der Waals surface area (Å²) in [7, 11) is 3.12. The fourth-order valence-electron chi connectivity index (χ4n) is 4.00. The number of nitrogens with one attached hydrogen (secondary N) is 1. The molecule has 1 aliphatic rings. The molecule has 0 saturated heterocycles. The van der Waals surface area contributed by atoms with Gasteiger partial charge in [0.05, 0.1) is 12.8 Å². The first-order valence-electron chi connectivity index (χ1n) is 12.2. The summed E-state index contributed by atoms with van der Waals surface area (Å²) in [6.45, 7) is 9.28. The molecule has 6 nitrogen and oxygen atoms in total. The van der Waals surface area contributed by atoms with Gasteiger partial charge in [-0.15, -0.1) is 0 Å². The third-order valence-electron chi connectivity index (χ3n) is 6.50. The van der Waals surface area contributed by atoms with Crippen LogP contribution in [0.4, 0.5) is 4.39 Å². The van der Waals surface area contributed by atoms with E-state index in [0.717, 1.165) is 16.8 Å². The summed E-state index contributed by atoms with van der Waals surface area (Å²) >= 11 is 0. The minimum absolute atomic E-state index is 0.0702. The molecular formula is C30H34FN3O3. The number of allylic oxidation sites excluding steroid dienone is 7. The smallest absolute Gasteiger partial charge is 0.275 e. The van der Waals surface area contributed by atoms with E-state index < -0.39 is 0 Å². The van der Waals surface area contributed by atoms with Gasteiger partial charge in [-0.25, -0.2) is 4.39 Å². The monoisotopic (exact) mass is 503 g/mol. The van der Waals surface area contributed by atoms with Crippen LogP contribution in [-0.4, -0.2) is 28.2 Å². The summed E-state index contributed by atoms with van der Waals surface area (Å²) in [6.07, 6.45) is 9.03. The average molecular weight is 504 g/mol. The second kappa shape index (κ2) is 12.3. The van der Waals surface area contributed by atoms with Crippen LogP contribution < -0.4 is 16.4 Å². The van der Waals surface area contributed by atoms with Gasteiger partial charge in [-0.1, -0.05) is 56.0 Å². The molecule has 7 heteroatoms. The van der Waals surface area contributed by atoms with Gasteiger partial charge in [0, 0.05) is 31.5 Å². The number of aliphatic imine (C=N–C) groups is 1. The number of hydrogen-bond donors (Lipinski definition) is 1. The first-order chi connectivity index (χ1) is 17.6. The molecule has 1 heterocycles. The molecular weight excluding hydrogens is 469 g/mol. The molecule has 37 heavy (non-hydrogen) atoms. The van der Waals surface area contributed by atoms with Gasteiger partial charge in [-0.2, -0.15) is 0 Å². The summed E-state index contributed by atoms with van der Waals surface area (Å²) < 4.78 is 20.1. The van der Waals surface area contributed by atoms with Gasteiger partial charge in [0.1, 0.15) is 16.7 Å². The molecule has 0 fully saturated rings. The third kappa shape index (κ3) is 7.03. The maximum Gasteiger partial charge on any atom is 0.275 e. The lowest BCUT2D eigenvalue weighted by Crippen LogP contribution is -2.30. The Kier molecular flexibility index (Phi) is 9.17. The topological polar surface area (TPSA) is 76.4 Å². The van der Waals surface area contributed by atoms with E-state index in [0.29, 0.717) is 22.9 Å². The van der Waals surface area contributed by atoms with Crippen LogP contribution >= 0.6 is 0 Å². The number of Topliss-reactive ketones (excluding diaryl/α,β-unsaturated/α-hetero) is 1. The van der Waals surface area contributed by atoms with Crippen molar-refractivity contribution in [1.82, 2.24) is 9.55 Å². The maximum atomic E-state index is 13.6. The first-order valence-corrected chi connectivity index (χ1v) is 12.2. The van der Waals surface area contributed by atoms with Crippen molar-refractivity contribution in [1.29, 1.82) is 0 Å². The number of ether oxygens (including phenoxy) is 1. The molecule has 0 spiro atoms. The van der Waals surface area contributed by atoms with Crippen molar-refractivity contribution in [2.75, 3.05) is 7.11 Å². The maximum absolute atomic E-state index is 13.6. The van der Waals surface area contributed by atoms with Crippen LogP contribution in [0.5, 0.6) is 0 Å². The van der Waals surface area contributed by atoms with E-state index in [1.165, 1.54) is 13.2 Å². The number of rotatable bonds is 9. The Morgan fingerprint density at radius 3 is 2.62 bits per heavy atom. The van der Waals surface area contributed by atoms with Crippen molar-refractivity contribution in [2.24, 2.45) is 23.9 Å². The van der Waals surface area contributed by atoms with Crippen LogP contribution in [0.25, 0.3) is 11.8 Å². The van der Waals surface area contributed by atoms with E-state index in [1.807, 2.05) is 57.2 Å². The molecule has 3 rings (SSSR count). The summed E-state index contributed by atoms with van der Waals surface area (Å²) in [5.74, 6) is -0.529. The van der Waals surface area contributed by atoms with E-state index in [-0.39, 0.29) is 41.2 Å². The van der Waals surface area contributed by atoms with Crippen molar-refractivity contribution in [3.05, 3.63) is 105 Å². The molecule has 2 aromatic rings. The van der Waals surface area contributed by atoms with Crippen LogP contribution in [0.1, 0.15) is 32.8 Å². The predicted octanol–water partition coefficient (Wildman–Crippen LogP) is 4.05. The third-order valence-corrected chi connectivity index (χ3v) is 6.50. The standard InChI is InChI=1S/C30H34FN3O3/c1-19(12-15-28(35)22(4)37-6)21(3)32-26(17-23-10-8-7-9-11-23)29-33-27(30(36)34(29)5)18-24-13-14-25(31)16-20(24)2/h7-14,16,18,20,24,33H,4,15,17H2,1-3,5-6H3/b19-12?,27-18-,29-26-,32-21?. The quantitative estimate of drug-likeness (QED) is 0.319. The number of H-pyrrole nitrogens is 1. The van der Waals surface area contributed by atoms with Crippen molar-refractivity contribution < 1.29 is 13.9 Å². The van der Waals surface area contributed by atoms with E-state index >= 15 is 0 Å². The fourth-order valence-corrected chi connectivity index (χ4v) is 4.00. The van der Waals surface area contributed by atoms with Gasteiger partial charge in [0.25, 0.3) is 5.56 Å². The highest BCUT2D eigenvalue weighted by atomic mass is 19.1. The van der Waals surface area contributed by atoms with Gasteiger partial charge < -0.3 is 9.72 Å². The van der Waals surface area contributed by atoms with Gasteiger partial charge in [-0.3, -0.25) is 19.1 Å². The highest BCUT2D eigenvalue weighted by Gasteiger charge is 2.16. The Labute approximate surface area is 216 Å².